The average molecular weight is 206 g/mol. The molecule has 1 aromatic heterocycles. The highest BCUT2D eigenvalue weighted by atomic mass is 32.2. The summed E-state index contributed by atoms with van der Waals surface area (Å²) in [6.07, 6.45) is 1.32. The summed E-state index contributed by atoms with van der Waals surface area (Å²) in [5.41, 5.74) is 0. The van der Waals surface area contributed by atoms with Crippen LogP contribution in [-0.2, 0) is 27.6 Å². The van der Waals surface area contributed by atoms with Crippen LogP contribution < -0.4 is 5.14 Å². The summed E-state index contributed by atoms with van der Waals surface area (Å²) in [4.78, 5) is 3.80. The minimum absolute atomic E-state index is 0.188. The molecule has 1 rings (SSSR count). The molecule has 0 aliphatic carbocycles. The molecular formula is C5H10N4O3S. The van der Waals surface area contributed by atoms with E-state index >= 15 is 0 Å². The Bertz CT molecular complexity index is 371. The predicted octanol–water partition coefficient (Wildman–Crippen LogP) is -0.982. The van der Waals surface area contributed by atoms with Gasteiger partial charge in [0.25, 0.3) is 0 Å². The van der Waals surface area contributed by atoms with E-state index in [4.69, 9.17) is 0 Å². The lowest BCUT2D eigenvalue weighted by Crippen LogP contribution is -2.17. The van der Waals surface area contributed by atoms with Gasteiger partial charge in [-0.25, -0.2) is 14.8 Å². The first kappa shape index (κ1) is 10.1. The molecule has 74 valence electrons. The van der Waals surface area contributed by atoms with Gasteiger partial charge in [0.05, 0.1) is 0 Å². The zero-order valence-corrected chi connectivity index (χ0v) is 7.86. The summed E-state index contributed by atoms with van der Waals surface area (Å²) in [5, 5.41) is 8.46. The summed E-state index contributed by atoms with van der Waals surface area (Å²) in [7, 11) is -3.91. The molecule has 0 aliphatic rings. The van der Waals surface area contributed by atoms with Crippen LogP contribution in [0.4, 0.5) is 0 Å². The lowest BCUT2D eigenvalue weighted by molar-refractivity contribution is 0.291. The molecule has 7 nitrogen and oxygen atoms in total. The Kier molecular flexibility index (Phi) is 2.96. The fraction of sp³-hybridized carbons (Fsp3) is 0.600. The van der Waals surface area contributed by atoms with Gasteiger partial charge in [0.1, 0.15) is 12.9 Å². The minimum atomic E-state index is -3.91. The molecule has 8 heteroatoms. The van der Waals surface area contributed by atoms with Gasteiger partial charge in [-0.15, -0.1) is 0 Å². The third-order valence-electron chi connectivity index (χ3n) is 1.35. The van der Waals surface area contributed by atoms with Crippen molar-refractivity contribution in [1.82, 2.24) is 14.8 Å². The highest BCUT2D eigenvalue weighted by Gasteiger charge is 2.07. The molecule has 0 amide bonds. The summed E-state index contributed by atoms with van der Waals surface area (Å²) in [5.74, 6) is 0.427. The van der Waals surface area contributed by atoms with Crippen LogP contribution in [0.1, 0.15) is 12.7 Å². The smallest absolute Gasteiger partial charge is 0.250 e. The normalized spacial score (nSPS) is 11.8. The molecule has 1 aromatic rings. The number of nitrogens with zero attached hydrogens (tertiary/aromatic N) is 3. The van der Waals surface area contributed by atoms with Crippen LogP contribution in [0.2, 0.25) is 0 Å². The molecule has 0 saturated heterocycles. The van der Waals surface area contributed by atoms with E-state index in [1.165, 1.54) is 11.0 Å². The van der Waals surface area contributed by atoms with Crippen molar-refractivity contribution in [2.75, 3.05) is 0 Å². The van der Waals surface area contributed by atoms with Crippen molar-refractivity contribution in [3.8, 4) is 0 Å². The molecule has 0 spiro atoms. The van der Waals surface area contributed by atoms with Crippen LogP contribution in [-0.4, -0.2) is 23.2 Å². The third-order valence-corrected chi connectivity index (χ3v) is 1.79. The van der Waals surface area contributed by atoms with Gasteiger partial charge in [-0.3, -0.25) is 4.18 Å². The van der Waals surface area contributed by atoms with E-state index in [1.54, 1.807) is 0 Å². The first-order valence-electron chi connectivity index (χ1n) is 3.56. The van der Waals surface area contributed by atoms with Crippen molar-refractivity contribution in [1.29, 1.82) is 0 Å². The Hall–Kier alpha value is -0.990. The van der Waals surface area contributed by atoms with E-state index in [2.05, 4.69) is 19.4 Å². The van der Waals surface area contributed by atoms with Gasteiger partial charge in [-0.05, 0) is 6.92 Å². The van der Waals surface area contributed by atoms with E-state index in [1.807, 2.05) is 6.92 Å². The Morgan fingerprint density at radius 1 is 1.69 bits per heavy atom. The van der Waals surface area contributed by atoms with Gasteiger partial charge in [-0.2, -0.15) is 13.5 Å². The lowest BCUT2D eigenvalue weighted by Gasteiger charge is -2.01. The van der Waals surface area contributed by atoms with Gasteiger partial charge in [0.2, 0.25) is 0 Å². The number of aromatic nitrogens is 3. The van der Waals surface area contributed by atoms with Crippen LogP contribution in [0.5, 0.6) is 0 Å². The Labute approximate surface area is 75.8 Å². The molecule has 0 radical (unpaired) electrons. The third kappa shape index (κ3) is 3.09. The molecule has 0 atom stereocenters. The number of rotatable bonds is 4. The number of hydrogen-bond donors (Lipinski definition) is 1. The van der Waals surface area contributed by atoms with E-state index in [-0.39, 0.29) is 6.61 Å². The fourth-order valence-corrected chi connectivity index (χ4v) is 1.07. The van der Waals surface area contributed by atoms with Crippen LogP contribution in [0, 0.1) is 0 Å². The molecule has 0 aliphatic heterocycles. The standard InChI is InChI=1S/C5H10N4O3S/c1-2-9-5(7-4-8-9)3-12-13(6,10)11/h4H,2-3H2,1H3,(H2,6,10,11). The van der Waals surface area contributed by atoms with Crippen LogP contribution >= 0.6 is 0 Å². The van der Waals surface area contributed by atoms with Crippen molar-refractivity contribution in [3.63, 3.8) is 0 Å². The van der Waals surface area contributed by atoms with Gasteiger partial charge in [0.15, 0.2) is 5.82 Å². The topological polar surface area (TPSA) is 100 Å². The molecule has 1 heterocycles. The van der Waals surface area contributed by atoms with Crippen molar-refractivity contribution in [2.24, 2.45) is 5.14 Å². The summed E-state index contributed by atoms with van der Waals surface area (Å²) >= 11 is 0. The number of aryl methyl sites for hydroxylation is 1. The SMILES string of the molecule is CCn1ncnc1COS(N)(=O)=O. The van der Waals surface area contributed by atoms with E-state index < -0.39 is 10.3 Å². The highest BCUT2D eigenvalue weighted by molar-refractivity contribution is 7.84. The second-order valence-corrected chi connectivity index (χ2v) is 3.47. The summed E-state index contributed by atoms with van der Waals surface area (Å²) < 4.78 is 26.7. The largest absolute Gasteiger partial charge is 0.333 e. The van der Waals surface area contributed by atoms with Crippen molar-refractivity contribution in [2.45, 2.75) is 20.1 Å². The average Bonchev–Trinajstić information content (AvgIpc) is 2.46. The van der Waals surface area contributed by atoms with E-state index in [0.29, 0.717) is 12.4 Å². The zero-order valence-electron chi connectivity index (χ0n) is 7.04. The van der Waals surface area contributed by atoms with Crippen molar-refractivity contribution >= 4 is 10.3 Å². The van der Waals surface area contributed by atoms with Gasteiger partial charge < -0.3 is 0 Å². The first-order valence-corrected chi connectivity index (χ1v) is 5.04. The zero-order chi connectivity index (χ0) is 9.90. The lowest BCUT2D eigenvalue weighted by atomic mass is 10.6. The maximum atomic E-state index is 10.4. The van der Waals surface area contributed by atoms with E-state index in [9.17, 15) is 8.42 Å². The van der Waals surface area contributed by atoms with E-state index in [0.717, 1.165) is 0 Å². The summed E-state index contributed by atoms with van der Waals surface area (Å²) in [6.45, 7) is 2.27. The molecule has 0 fully saturated rings. The van der Waals surface area contributed by atoms with Gasteiger partial charge in [-0.1, -0.05) is 0 Å². The van der Waals surface area contributed by atoms with Crippen LogP contribution in [0.15, 0.2) is 6.33 Å². The quantitative estimate of drug-likeness (QED) is 0.682. The molecule has 13 heavy (non-hydrogen) atoms. The maximum Gasteiger partial charge on any atom is 0.333 e. The van der Waals surface area contributed by atoms with Crippen LogP contribution in [0.25, 0.3) is 0 Å². The highest BCUT2D eigenvalue weighted by Crippen LogP contribution is 1.97. The monoisotopic (exact) mass is 206 g/mol. The second kappa shape index (κ2) is 3.81. The summed E-state index contributed by atoms with van der Waals surface area (Å²) in [6, 6.07) is 0. The minimum Gasteiger partial charge on any atom is -0.250 e. The molecular weight excluding hydrogens is 196 g/mol. The molecule has 0 saturated carbocycles. The number of nitrogens with two attached hydrogens (primary N) is 1. The molecule has 0 unspecified atom stereocenters. The first-order chi connectivity index (χ1) is 6.03. The maximum absolute atomic E-state index is 10.4. The van der Waals surface area contributed by atoms with Crippen LogP contribution in [0.3, 0.4) is 0 Å². The van der Waals surface area contributed by atoms with Gasteiger partial charge in [0, 0.05) is 6.54 Å². The van der Waals surface area contributed by atoms with Crippen molar-refractivity contribution < 1.29 is 12.6 Å². The predicted molar refractivity (Wildman–Crippen MR) is 43.6 cm³/mol. The Morgan fingerprint density at radius 3 is 2.92 bits per heavy atom. The molecule has 0 aromatic carbocycles. The fourth-order valence-electron chi connectivity index (χ4n) is 0.799. The Morgan fingerprint density at radius 2 is 2.38 bits per heavy atom. The van der Waals surface area contributed by atoms with Crippen molar-refractivity contribution in [3.05, 3.63) is 12.2 Å². The number of hydrogen-bond acceptors (Lipinski definition) is 5. The second-order valence-electron chi connectivity index (χ2n) is 2.25. The molecule has 0 bridgehead atoms. The molecule has 2 N–H and O–H groups in total. The Balaban J connectivity index is 2.64. The van der Waals surface area contributed by atoms with Gasteiger partial charge >= 0.3 is 10.3 Å².